The number of carbonyl (C=O) groups excluding carboxylic acids is 1. The van der Waals surface area contributed by atoms with E-state index in [0.29, 0.717) is 10.0 Å². The van der Waals surface area contributed by atoms with Crippen molar-refractivity contribution in [3.63, 3.8) is 0 Å². The number of carbonyl (C=O) groups is 1. The van der Waals surface area contributed by atoms with Gasteiger partial charge in [0, 0.05) is 6.54 Å². The first-order valence-corrected chi connectivity index (χ1v) is 5.12. The summed E-state index contributed by atoms with van der Waals surface area (Å²) >= 11 is 3.05. The van der Waals surface area contributed by atoms with Crippen LogP contribution in [0.2, 0.25) is 0 Å². The molecule has 1 rings (SSSR count). The molecule has 0 spiro atoms. The van der Waals surface area contributed by atoms with E-state index in [1.807, 2.05) is 0 Å². The molecule has 0 saturated carbocycles. The Morgan fingerprint density at radius 2 is 2.33 bits per heavy atom. The highest BCUT2D eigenvalue weighted by atomic mass is 79.9. The van der Waals surface area contributed by atoms with E-state index < -0.39 is 11.9 Å². The van der Waals surface area contributed by atoms with Crippen molar-refractivity contribution in [2.24, 2.45) is 5.73 Å². The third-order valence-corrected chi connectivity index (χ3v) is 2.68. The number of hydrogen-bond acceptors (Lipinski definition) is 3. The third-order valence-electron chi connectivity index (χ3n) is 2.07. The predicted molar refractivity (Wildman–Crippen MR) is 57.9 cm³/mol. The minimum Gasteiger partial charge on any atom is -0.469 e. The maximum atomic E-state index is 13.0. The molecule has 0 saturated heterocycles. The lowest BCUT2D eigenvalue weighted by Gasteiger charge is -2.12. The van der Waals surface area contributed by atoms with Crippen LogP contribution >= 0.6 is 15.9 Å². The number of nitrogens with two attached hydrogens (primary N) is 1. The van der Waals surface area contributed by atoms with E-state index in [2.05, 4.69) is 20.7 Å². The van der Waals surface area contributed by atoms with Gasteiger partial charge in [-0.05, 0) is 33.6 Å². The summed E-state index contributed by atoms with van der Waals surface area (Å²) in [6, 6.07) is 4.34. The molecule has 0 aliphatic heterocycles. The Bertz CT molecular complexity index is 370. The van der Waals surface area contributed by atoms with Crippen molar-refractivity contribution in [2.75, 3.05) is 13.7 Å². The van der Waals surface area contributed by atoms with Crippen LogP contribution in [0.1, 0.15) is 11.5 Å². The first-order valence-electron chi connectivity index (χ1n) is 4.33. The third kappa shape index (κ3) is 2.76. The van der Waals surface area contributed by atoms with Gasteiger partial charge in [0.05, 0.1) is 17.5 Å². The van der Waals surface area contributed by atoms with Crippen LogP contribution in [0.4, 0.5) is 4.39 Å². The van der Waals surface area contributed by atoms with E-state index in [9.17, 15) is 9.18 Å². The van der Waals surface area contributed by atoms with E-state index in [1.165, 1.54) is 25.3 Å². The van der Waals surface area contributed by atoms with Crippen molar-refractivity contribution >= 4 is 21.9 Å². The average Bonchev–Trinajstić information content (AvgIpc) is 2.24. The average molecular weight is 276 g/mol. The van der Waals surface area contributed by atoms with E-state index in [0.717, 1.165) is 0 Å². The fraction of sp³-hybridized carbons (Fsp3) is 0.300. The standard InChI is InChI=1S/C10H11BrFNO2/c1-15-10(14)7(5-13)6-2-3-9(12)8(11)4-6/h2-4,7H,5,13H2,1H3. The van der Waals surface area contributed by atoms with Crippen LogP contribution in [-0.4, -0.2) is 19.6 Å². The minimum atomic E-state index is -0.549. The monoisotopic (exact) mass is 275 g/mol. The first kappa shape index (κ1) is 12.1. The Balaban J connectivity index is 3.02. The zero-order chi connectivity index (χ0) is 11.4. The summed E-state index contributed by atoms with van der Waals surface area (Å²) in [5, 5.41) is 0. The molecule has 1 unspecified atom stereocenters. The van der Waals surface area contributed by atoms with Crippen molar-refractivity contribution in [2.45, 2.75) is 5.92 Å². The molecular weight excluding hydrogens is 265 g/mol. The largest absolute Gasteiger partial charge is 0.469 e. The van der Waals surface area contributed by atoms with Gasteiger partial charge in [0.25, 0.3) is 0 Å². The quantitative estimate of drug-likeness (QED) is 0.856. The number of ether oxygens (including phenoxy) is 1. The normalized spacial score (nSPS) is 12.3. The van der Waals surface area contributed by atoms with Crippen molar-refractivity contribution in [3.05, 3.63) is 34.1 Å². The smallest absolute Gasteiger partial charge is 0.314 e. The van der Waals surface area contributed by atoms with Crippen LogP contribution in [-0.2, 0) is 9.53 Å². The maximum Gasteiger partial charge on any atom is 0.314 e. The molecule has 0 aliphatic carbocycles. The summed E-state index contributed by atoms with van der Waals surface area (Å²) in [5.74, 6) is -1.35. The lowest BCUT2D eigenvalue weighted by Crippen LogP contribution is -2.22. The second-order valence-electron chi connectivity index (χ2n) is 2.98. The van der Waals surface area contributed by atoms with Gasteiger partial charge in [-0.15, -0.1) is 0 Å². The first-order chi connectivity index (χ1) is 7.10. The molecule has 0 bridgehead atoms. The molecule has 0 amide bonds. The van der Waals surface area contributed by atoms with Crippen LogP contribution in [0.15, 0.2) is 22.7 Å². The van der Waals surface area contributed by atoms with Gasteiger partial charge < -0.3 is 10.5 Å². The van der Waals surface area contributed by atoms with Crippen molar-refractivity contribution in [1.29, 1.82) is 0 Å². The van der Waals surface area contributed by atoms with Crippen LogP contribution < -0.4 is 5.73 Å². The molecule has 0 aliphatic rings. The molecule has 82 valence electrons. The number of esters is 1. The molecule has 2 N–H and O–H groups in total. The molecule has 0 radical (unpaired) electrons. The summed E-state index contributed by atoms with van der Waals surface area (Å²) in [6.45, 7) is 0.130. The minimum absolute atomic E-state index is 0.130. The van der Waals surface area contributed by atoms with Crippen LogP contribution in [0.3, 0.4) is 0 Å². The number of halogens is 2. The Morgan fingerprint density at radius 3 is 2.80 bits per heavy atom. The highest BCUT2D eigenvalue weighted by Gasteiger charge is 2.20. The molecule has 1 aromatic rings. The highest BCUT2D eigenvalue weighted by molar-refractivity contribution is 9.10. The molecular formula is C10H11BrFNO2. The van der Waals surface area contributed by atoms with Crippen LogP contribution in [0, 0.1) is 5.82 Å². The van der Waals surface area contributed by atoms with Crippen LogP contribution in [0.5, 0.6) is 0 Å². The lowest BCUT2D eigenvalue weighted by molar-refractivity contribution is -0.142. The van der Waals surface area contributed by atoms with Gasteiger partial charge in [-0.2, -0.15) is 0 Å². The molecule has 0 aromatic heterocycles. The molecule has 0 heterocycles. The highest BCUT2D eigenvalue weighted by Crippen LogP contribution is 2.22. The van der Waals surface area contributed by atoms with E-state index in [-0.39, 0.29) is 12.4 Å². The summed E-state index contributed by atoms with van der Waals surface area (Å²) in [4.78, 5) is 11.3. The zero-order valence-corrected chi connectivity index (χ0v) is 9.75. The maximum absolute atomic E-state index is 13.0. The topological polar surface area (TPSA) is 52.3 Å². The second kappa shape index (κ2) is 5.23. The van der Waals surface area contributed by atoms with E-state index in [1.54, 1.807) is 0 Å². The Kier molecular flexibility index (Phi) is 4.23. The second-order valence-corrected chi connectivity index (χ2v) is 3.84. The van der Waals surface area contributed by atoms with Crippen molar-refractivity contribution < 1.29 is 13.9 Å². The lowest BCUT2D eigenvalue weighted by atomic mass is 9.99. The molecule has 3 nitrogen and oxygen atoms in total. The number of hydrogen-bond donors (Lipinski definition) is 1. The fourth-order valence-corrected chi connectivity index (χ4v) is 1.64. The Morgan fingerprint density at radius 1 is 1.67 bits per heavy atom. The number of rotatable bonds is 3. The summed E-state index contributed by atoms with van der Waals surface area (Å²) in [5.41, 5.74) is 6.10. The molecule has 0 fully saturated rings. The molecule has 1 atom stereocenters. The molecule has 1 aromatic carbocycles. The molecule has 15 heavy (non-hydrogen) atoms. The fourth-order valence-electron chi connectivity index (χ4n) is 1.24. The number of benzene rings is 1. The van der Waals surface area contributed by atoms with Crippen molar-refractivity contribution in [1.82, 2.24) is 0 Å². The number of methoxy groups -OCH3 is 1. The van der Waals surface area contributed by atoms with Gasteiger partial charge in [0.15, 0.2) is 0 Å². The van der Waals surface area contributed by atoms with Gasteiger partial charge in [-0.25, -0.2) is 4.39 Å². The molecule has 5 heteroatoms. The SMILES string of the molecule is COC(=O)C(CN)c1ccc(F)c(Br)c1. The van der Waals surface area contributed by atoms with Gasteiger partial charge in [0.1, 0.15) is 5.82 Å². The Labute approximate surface area is 95.5 Å². The summed E-state index contributed by atoms with van der Waals surface area (Å²) in [7, 11) is 1.30. The van der Waals surface area contributed by atoms with Gasteiger partial charge >= 0.3 is 5.97 Å². The van der Waals surface area contributed by atoms with Crippen molar-refractivity contribution in [3.8, 4) is 0 Å². The van der Waals surface area contributed by atoms with Crippen LogP contribution in [0.25, 0.3) is 0 Å². The van der Waals surface area contributed by atoms with Gasteiger partial charge in [-0.3, -0.25) is 4.79 Å². The summed E-state index contributed by atoms with van der Waals surface area (Å²) in [6.07, 6.45) is 0. The van der Waals surface area contributed by atoms with Gasteiger partial charge in [-0.1, -0.05) is 6.07 Å². The summed E-state index contributed by atoms with van der Waals surface area (Å²) < 4.78 is 17.9. The zero-order valence-electron chi connectivity index (χ0n) is 8.17. The van der Waals surface area contributed by atoms with E-state index >= 15 is 0 Å². The Hall–Kier alpha value is -0.940. The van der Waals surface area contributed by atoms with Gasteiger partial charge in [0.2, 0.25) is 0 Å². The predicted octanol–water partition coefficient (Wildman–Crippen LogP) is 1.80. The van der Waals surface area contributed by atoms with E-state index in [4.69, 9.17) is 5.73 Å².